The molecule has 0 aliphatic rings. The Labute approximate surface area is 113 Å². The molecule has 3 rings (SSSR count). The van der Waals surface area contributed by atoms with Crippen LogP contribution in [0.1, 0.15) is 0 Å². The average Bonchev–Trinajstić information content (AvgIpc) is 2.84. The van der Waals surface area contributed by atoms with Crippen LogP contribution >= 0.6 is 11.6 Å². The summed E-state index contributed by atoms with van der Waals surface area (Å²) in [6.45, 7) is 0. The normalized spacial score (nSPS) is 10.8. The number of fused-ring (bicyclic) bond motifs is 1. The molecule has 5 nitrogen and oxygen atoms in total. The predicted molar refractivity (Wildman–Crippen MR) is 73.2 cm³/mol. The minimum Gasteiger partial charge on any atom is -0.338 e. The van der Waals surface area contributed by atoms with Gasteiger partial charge in [-0.3, -0.25) is 10.1 Å². The van der Waals surface area contributed by atoms with Gasteiger partial charge in [0.15, 0.2) is 0 Å². The molecule has 19 heavy (non-hydrogen) atoms. The monoisotopic (exact) mass is 273 g/mol. The van der Waals surface area contributed by atoms with E-state index in [0.29, 0.717) is 21.9 Å². The lowest BCUT2D eigenvalue weighted by Gasteiger charge is -1.96. The van der Waals surface area contributed by atoms with Crippen LogP contribution in [0, 0.1) is 10.1 Å². The van der Waals surface area contributed by atoms with E-state index >= 15 is 0 Å². The standard InChI is InChI=1S/C13H8ClN3O2/c14-10-5-2-6-11-12(10)16-13(15-11)8-3-1-4-9(7-8)17(18)19/h1-7H,(H,15,16). The topological polar surface area (TPSA) is 71.8 Å². The van der Waals surface area contributed by atoms with E-state index in [1.807, 2.05) is 12.1 Å². The first-order valence-corrected chi connectivity index (χ1v) is 5.92. The summed E-state index contributed by atoms with van der Waals surface area (Å²) in [6.07, 6.45) is 0. The summed E-state index contributed by atoms with van der Waals surface area (Å²) in [4.78, 5) is 17.8. The number of hydrogen-bond donors (Lipinski definition) is 1. The number of aromatic nitrogens is 2. The van der Waals surface area contributed by atoms with Gasteiger partial charge in [0.2, 0.25) is 0 Å². The first kappa shape index (κ1) is 11.7. The smallest absolute Gasteiger partial charge is 0.270 e. The van der Waals surface area contributed by atoms with E-state index in [0.717, 1.165) is 5.52 Å². The van der Waals surface area contributed by atoms with Crippen LogP contribution in [0.2, 0.25) is 5.02 Å². The van der Waals surface area contributed by atoms with Gasteiger partial charge >= 0.3 is 0 Å². The summed E-state index contributed by atoms with van der Waals surface area (Å²) < 4.78 is 0. The molecular formula is C13H8ClN3O2. The maximum atomic E-state index is 10.8. The number of H-pyrrole nitrogens is 1. The summed E-state index contributed by atoms with van der Waals surface area (Å²) in [5.41, 5.74) is 2.14. The summed E-state index contributed by atoms with van der Waals surface area (Å²) in [6, 6.07) is 11.7. The highest BCUT2D eigenvalue weighted by Gasteiger charge is 2.11. The molecule has 1 heterocycles. The van der Waals surface area contributed by atoms with Crippen molar-refractivity contribution >= 4 is 28.3 Å². The molecule has 0 saturated heterocycles. The summed E-state index contributed by atoms with van der Waals surface area (Å²) in [5.74, 6) is 0.562. The zero-order chi connectivity index (χ0) is 13.4. The van der Waals surface area contributed by atoms with Crippen LogP contribution in [0.4, 0.5) is 5.69 Å². The molecule has 0 radical (unpaired) electrons. The van der Waals surface area contributed by atoms with Crippen molar-refractivity contribution in [3.05, 3.63) is 57.6 Å². The molecule has 0 bridgehead atoms. The fourth-order valence-electron chi connectivity index (χ4n) is 1.90. The molecule has 0 aliphatic heterocycles. The maximum Gasteiger partial charge on any atom is 0.270 e. The average molecular weight is 274 g/mol. The second kappa shape index (κ2) is 4.37. The van der Waals surface area contributed by atoms with E-state index in [1.54, 1.807) is 18.2 Å². The van der Waals surface area contributed by atoms with Gasteiger partial charge in [0.05, 0.1) is 15.5 Å². The van der Waals surface area contributed by atoms with E-state index in [4.69, 9.17) is 11.6 Å². The zero-order valence-electron chi connectivity index (χ0n) is 9.63. The van der Waals surface area contributed by atoms with Gasteiger partial charge in [0.1, 0.15) is 11.3 Å². The van der Waals surface area contributed by atoms with Gasteiger partial charge in [-0.25, -0.2) is 4.98 Å². The second-order valence-electron chi connectivity index (χ2n) is 4.03. The summed E-state index contributed by atoms with van der Waals surface area (Å²) >= 11 is 6.05. The van der Waals surface area contributed by atoms with Crippen LogP contribution in [-0.2, 0) is 0 Å². The third-order valence-electron chi connectivity index (χ3n) is 2.79. The Kier molecular flexibility index (Phi) is 2.68. The lowest BCUT2D eigenvalue weighted by Crippen LogP contribution is -1.88. The number of para-hydroxylation sites is 1. The second-order valence-corrected chi connectivity index (χ2v) is 4.44. The highest BCUT2D eigenvalue weighted by Crippen LogP contribution is 2.27. The van der Waals surface area contributed by atoms with Gasteiger partial charge in [0.25, 0.3) is 5.69 Å². The molecule has 3 aromatic rings. The highest BCUT2D eigenvalue weighted by atomic mass is 35.5. The lowest BCUT2D eigenvalue weighted by atomic mass is 10.2. The van der Waals surface area contributed by atoms with E-state index in [-0.39, 0.29) is 5.69 Å². The van der Waals surface area contributed by atoms with E-state index in [1.165, 1.54) is 12.1 Å². The van der Waals surface area contributed by atoms with Crippen LogP contribution in [0.15, 0.2) is 42.5 Å². The molecule has 2 aromatic carbocycles. The first-order chi connectivity index (χ1) is 9.15. The zero-order valence-corrected chi connectivity index (χ0v) is 10.4. The van der Waals surface area contributed by atoms with Crippen molar-refractivity contribution in [2.24, 2.45) is 0 Å². The lowest BCUT2D eigenvalue weighted by molar-refractivity contribution is -0.384. The largest absolute Gasteiger partial charge is 0.338 e. The number of nitrogens with one attached hydrogen (secondary N) is 1. The van der Waals surface area contributed by atoms with E-state index in [9.17, 15) is 10.1 Å². The maximum absolute atomic E-state index is 10.8. The summed E-state index contributed by atoms with van der Waals surface area (Å²) in [7, 11) is 0. The molecule has 6 heteroatoms. The minimum atomic E-state index is -0.431. The van der Waals surface area contributed by atoms with Gasteiger partial charge < -0.3 is 4.98 Å². The number of benzene rings is 2. The Bertz CT molecular complexity index is 782. The van der Waals surface area contributed by atoms with Gasteiger partial charge in [-0.05, 0) is 12.1 Å². The number of nitro groups is 1. The SMILES string of the molecule is O=[N+]([O-])c1cccc(-c2nc3c(Cl)cccc3[nH]2)c1. The number of halogens is 1. The number of non-ortho nitro benzene ring substituents is 1. The Morgan fingerprint density at radius 2 is 2.00 bits per heavy atom. The van der Waals surface area contributed by atoms with Gasteiger partial charge in [-0.1, -0.05) is 29.8 Å². The van der Waals surface area contributed by atoms with Crippen molar-refractivity contribution < 1.29 is 4.92 Å². The van der Waals surface area contributed by atoms with Gasteiger partial charge in [-0.2, -0.15) is 0 Å². The molecule has 0 fully saturated rings. The van der Waals surface area contributed by atoms with Gasteiger partial charge in [-0.15, -0.1) is 0 Å². The molecule has 0 amide bonds. The van der Waals surface area contributed by atoms with Crippen LogP contribution in [0.25, 0.3) is 22.4 Å². The Balaban J connectivity index is 2.16. The third kappa shape index (κ3) is 2.04. The molecule has 0 aliphatic carbocycles. The summed E-state index contributed by atoms with van der Waals surface area (Å²) in [5, 5.41) is 11.3. The van der Waals surface area contributed by atoms with E-state index in [2.05, 4.69) is 9.97 Å². The molecule has 0 spiro atoms. The molecule has 1 N–H and O–H groups in total. The molecule has 0 atom stereocenters. The Hall–Kier alpha value is -2.40. The number of nitrogens with zero attached hydrogens (tertiary/aromatic N) is 2. The molecule has 0 unspecified atom stereocenters. The van der Waals surface area contributed by atoms with Crippen LogP contribution in [0.5, 0.6) is 0 Å². The molecule has 0 saturated carbocycles. The predicted octanol–water partition coefficient (Wildman–Crippen LogP) is 3.79. The van der Waals surface area contributed by atoms with Crippen molar-refractivity contribution in [3.63, 3.8) is 0 Å². The number of nitro benzene ring substituents is 1. The molecular weight excluding hydrogens is 266 g/mol. The Morgan fingerprint density at radius 1 is 1.21 bits per heavy atom. The highest BCUT2D eigenvalue weighted by molar-refractivity contribution is 6.34. The number of hydrogen-bond acceptors (Lipinski definition) is 3. The van der Waals surface area contributed by atoms with Crippen LogP contribution in [0.3, 0.4) is 0 Å². The van der Waals surface area contributed by atoms with Gasteiger partial charge in [0, 0.05) is 17.7 Å². The molecule has 1 aromatic heterocycles. The molecule has 94 valence electrons. The number of imidazole rings is 1. The number of aromatic amines is 1. The third-order valence-corrected chi connectivity index (χ3v) is 3.10. The van der Waals surface area contributed by atoms with Crippen molar-refractivity contribution in [3.8, 4) is 11.4 Å². The van der Waals surface area contributed by atoms with Crippen molar-refractivity contribution in [2.75, 3.05) is 0 Å². The van der Waals surface area contributed by atoms with Crippen molar-refractivity contribution in [1.82, 2.24) is 9.97 Å². The van der Waals surface area contributed by atoms with Crippen molar-refractivity contribution in [2.45, 2.75) is 0 Å². The minimum absolute atomic E-state index is 0.0315. The fourth-order valence-corrected chi connectivity index (χ4v) is 2.12. The fraction of sp³-hybridized carbons (Fsp3) is 0. The first-order valence-electron chi connectivity index (χ1n) is 5.54. The van der Waals surface area contributed by atoms with Crippen molar-refractivity contribution in [1.29, 1.82) is 0 Å². The quantitative estimate of drug-likeness (QED) is 0.570. The van der Waals surface area contributed by atoms with E-state index < -0.39 is 4.92 Å². The van der Waals surface area contributed by atoms with Crippen LogP contribution < -0.4 is 0 Å². The number of rotatable bonds is 2. The Morgan fingerprint density at radius 3 is 2.74 bits per heavy atom. The van der Waals surface area contributed by atoms with Crippen LogP contribution in [-0.4, -0.2) is 14.9 Å².